The topological polar surface area (TPSA) is 42.4 Å². The van der Waals surface area contributed by atoms with E-state index in [0.29, 0.717) is 18.7 Å². The Bertz CT molecular complexity index is 680. The highest BCUT2D eigenvalue weighted by molar-refractivity contribution is 5.98. The number of hydrogen-bond acceptors (Lipinski definition) is 3. The average Bonchev–Trinajstić information content (AvgIpc) is 2.54. The SMILES string of the molecule is CN(Cc1ccncc1)C(=O)C1=Cc2ccccc2OC1. The highest BCUT2D eigenvalue weighted by atomic mass is 16.5. The molecule has 0 radical (unpaired) electrons. The number of carbonyl (C=O) groups is 1. The maximum absolute atomic E-state index is 12.5. The summed E-state index contributed by atoms with van der Waals surface area (Å²) in [5.41, 5.74) is 2.67. The molecule has 2 aromatic rings. The van der Waals surface area contributed by atoms with Crippen LogP contribution in [0.4, 0.5) is 0 Å². The van der Waals surface area contributed by atoms with E-state index in [1.165, 1.54) is 0 Å². The Morgan fingerprint density at radius 3 is 2.81 bits per heavy atom. The van der Waals surface area contributed by atoms with Gasteiger partial charge in [-0.25, -0.2) is 0 Å². The summed E-state index contributed by atoms with van der Waals surface area (Å²) in [6, 6.07) is 11.5. The van der Waals surface area contributed by atoms with Crippen LogP contribution in [0.2, 0.25) is 0 Å². The molecule has 0 unspecified atom stereocenters. The van der Waals surface area contributed by atoms with Crippen molar-refractivity contribution in [3.05, 3.63) is 65.5 Å². The third-order valence-electron chi connectivity index (χ3n) is 3.42. The van der Waals surface area contributed by atoms with Crippen LogP contribution in [-0.4, -0.2) is 29.4 Å². The summed E-state index contributed by atoms with van der Waals surface area (Å²) in [5.74, 6) is 0.812. The number of aromatic nitrogens is 1. The van der Waals surface area contributed by atoms with Crippen LogP contribution in [0.3, 0.4) is 0 Å². The van der Waals surface area contributed by atoms with E-state index in [2.05, 4.69) is 4.98 Å². The van der Waals surface area contributed by atoms with E-state index < -0.39 is 0 Å². The molecule has 0 atom stereocenters. The summed E-state index contributed by atoms with van der Waals surface area (Å²) >= 11 is 0. The number of carbonyl (C=O) groups excluding carboxylic acids is 1. The fraction of sp³-hybridized carbons (Fsp3) is 0.176. The van der Waals surface area contributed by atoms with Gasteiger partial charge in [0.1, 0.15) is 12.4 Å². The molecule has 0 saturated heterocycles. The Labute approximate surface area is 123 Å². The lowest BCUT2D eigenvalue weighted by molar-refractivity contribution is -0.126. The fourth-order valence-corrected chi connectivity index (χ4v) is 2.32. The van der Waals surface area contributed by atoms with Crippen LogP contribution in [0, 0.1) is 0 Å². The number of nitrogens with zero attached hydrogens (tertiary/aromatic N) is 2. The van der Waals surface area contributed by atoms with Crippen molar-refractivity contribution < 1.29 is 9.53 Å². The molecule has 2 heterocycles. The van der Waals surface area contributed by atoms with E-state index in [-0.39, 0.29) is 5.91 Å². The number of ether oxygens (including phenoxy) is 1. The van der Waals surface area contributed by atoms with Crippen molar-refractivity contribution in [3.63, 3.8) is 0 Å². The second-order valence-corrected chi connectivity index (χ2v) is 5.01. The minimum atomic E-state index is -0.0127. The zero-order chi connectivity index (χ0) is 14.7. The van der Waals surface area contributed by atoms with Crippen LogP contribution in [0.1, 0.15) is 11.1 Å². The monoisotopic (exact) mass is 280 g/mol. The first-order valence-electron chi connectivity index (χ1n) is 6.81. The minimum absolute atomic E-state index is 0.0127. The van der Waals surface area contributed by atoms with E-state index in [0.717, 1.165) is 16.9 Å². The van der Waals surface area contributed by atoms with Crippen LogP contribution in [0.5, 0.6) is 5.75 Å². The van der Waals surface area contributed by atoms with Gasteiger partial charge in [-0.3, -0.25) is 9.78 Å². The zero-order valence-corrected chi connectivity index (χ0v) is 11.8. The minimum Gasteiger partial charge on any atom is -0.488 e. The largest absolute Gasteiger partial charge is 0.488 e. The predicted molar refractivity (Wildman–Crippen MR) is 80.6 cm³/mol. The Balaban J connectivity index is 1.75. The molecule has 1 aliphatic rings. The van der Waals surface area contributed by atoms with E-state index >= 15 is 0 Å². The smallest absolute Gasteiger partial charge is 0.253 e. The molecule has 4 nitrogen and oxygen atoms in total. The Kier molecular flexibility index (Phi) is 3.69. The molecule has 4 heteroatoms. The van der Waals surface area contributed by atoms with Crippen molar-refractivity contribution in [2.24, 2.45) is 0 Å². The van der Waals surface area contributed by atoms with E-state index in [1.807, 2.05) is 42.5 Å². The predicted octanol–water partition coefficient (Wildman–Crippen LogP) is 2.52. The fourth-order valence-electron chi connectivity index (χ4n) is 2.32. The molecule has 21 heavy (non-hydrogen) atoms. The van der Waals surface area contributed by atoms with Crippen molar-refractivity contribution in [3.8, 4) is 5.75 Å². The highest BCUT2D eigenvalue weighted by Crippen LogP contribution is 2.26. The number of fused-ring (bicyclic) bond motifs is 1. The van der Waals surface area contributed by atoms with Gasteiger partial charge in [0.05, 0.1) is 5.57 Å². The van der Waals surface area contributed by atoms with E-state index in [9.17, 15) is 4.79 Å². The summed E-state index contributed by atoms with van der Waals surface area (Å²) in [6.45, 7) is 0.872. The first-order chi connectivity index (χ1) is 10.2. The average molecular weight is 280 g/mol. The van der Waals surface area contributed by atoms with Gasteiger partial charge in [-0.05, 0) is 29.8 Å². The summed E-state index contributed by atoms with van der Waals surface area (Å²) in [5, 5.41) is 0. The molecule has 1 amide bonds. The van der Waals surface area contributed by atoms with Crippen LogP contribution in [0.25, 0.3) is 6.08 Å². The van der Waals surface area contributed by atoms with Crippen LogP contribution in [0.15, 0.2) is 54.4 Å². The third-order valence-corrected chi connectivity index (χ3v) is 3.42. The third kappa shape index (κ3) is 2.94. The van der Waals surface area contributed by atoms with Gasteiger partial charge in [-0.2, -0.15) is 0 Å². The number of hydrogen-bond donors (Lipinski definition) is 0. The van der Waals surface area contributed by atoms with Crippen molar-refractivity contribution in [2.75, 3.05) is 13.7 Å². The normalized spacial score (nSPS) is 12.9. The molecule has 1 aliphatic heterocycles. The standard InChI is InChI=1S/C17H16N2O2/c1-19(11-13-6-8-18-9-7-13)17(20)15-10-14-4-2-3-5-16(14)21-12-15/h2-10H,11-12H2,1H3. The van der Waals surface area contributed by atoms with Gasteiger partial charge in [-0.15, -0.1) is 0 Å². The van der Waals surface area contributed by atoms with Crippen molar-refractivity contribution >= 4 is 12.0 Å². The van der Waals surface area contributed by atoms with Gasteiger partial charge in [0.25, 0.3) is 5.91 Å². The summed E-state index contributed by atoms with van der Waals surface area (Å²) < 4.78 is 5.63. The number of rotatable bonds is 3. The summed E-state index contributed by atoms with van der Waals surface area (Å²) in [6.07, 6.45) is 5.37. The summed E-state index contributed by atoms with van der Waals surface area (Å²) in [4.78, 5) is 18.1. The maximum Gasteiger partial charge on any atom is 0.253 e. The first-order valence-corrected chi connectivity index (χ1v) is 6.81. The van der Waals surface area contributed by atoms with E-state index in [4.69, 9.17) is 4.74 Å². The number of pyridine rings is 1. The summed E-state index contributed by atoms with van der Waals surface area (Å²) in [7, 11) is 1.80. The van der Waals surface area contributed by atoms with Crippen LogP contribution in [-0.2, 0) is 11.3 Å². The van der Waals surface area contributed by atoms with Crippen molar-refractivity contribution in [1.29, 1.82) is 0 Å². The molecule has 0 saturated carbocycles. The van der Waals surface area contributed by atoms with Crippen LogP contribution >= 0.6 is 0 Å². The van der Waals surface area contributed by atoms with Gasteiger partial charge in [0.2, 0.25) is 0 Å². The lowest BCUT2D eigenvalue weighted by Crippen LogP contribution is -2.30. The van der Waals surface area contributed by atoms with Crippen molar-refractivity contribution in [1.82, 2.24) is 9.88 Å². The first kappa shape index (κ1) is 13.4. The maximum atomic E-state index is 12.5. The Morgan fingerprint density at radius 2 is 2.00 bits per heavy atom. The zero-order valence-electron chi connectivity index (χ0n) is 11.8. The molecule has 3 rings (SSSR count). The quantitative estimate of drug-likeness (QED) is 0.867. The van der Waals surface area contributed by atoms with Crippen molar-refractivity contribution in [2.45, 2.75) is 6.54 Å². The number of likely N-dealkylation sites (N-methyl/N-ethyl adjacent to an activating group) is 1. The molecule has 0 spiro atoms. The number of amides is 1. The molecule has 0 N–H and O–H groups in total. The van der Waals surface area contributed by atoms with Gasteiger partial charge in [-0.1, -0.05) is 18.2 Å². The lowest BCUT2D eigenvalue weighted by atomic mass is 10.1. The molecule has 1 aromatic carbocycles. The Morgan fingerprint density at radius 1 is 1.24 bits per heavy atom. The molecule has 1 aromatic heterocycles. The van der Waals surface area contributed by atoms with Gasteiger partial charge < -0.3 is 9.64 Å². The molecule has 0 bridgehead atoms. The second-order valence-electron chi connectivity index (χ2n) is 5.01. The Hall–Kier alpha value is -2.62. The number of para-hydroxylation sites is 1. The van der Waals surface area contributed by atoms with Gasteiger partial charge in [0.15, 0.2) is 0 Å². The number of benzene rings is 1. The lowest BCUT2D eigenvalue weighted by Gasteiger charge is -2.22. The van der Waals surface area contributed by atoms with Gasteiger partial charge >= 0.3 is 0 Å². The highest BCUT2D eigenvalue weighted by Gasteiger charge is 2.20. The van der Waals surface area contributed by atoms with Gasteiger partial charge in [0, 0.05) is 31.5 Å². The molecule has 0 aliphatic carbocycles. The van der Waals surface area contributed by atoms with E-state index in [1.54, 1.807) is 24.3 Å². The molecular weight excluding hydrogens is 264 g/mol. The molecular formula is C17H16N2O2. The van der Waals surface area contributed by atoms with Crippen LogP contribution < -0.4 is 4.74 Å². The second kappa shape index (κ2) is 5.79. The molecule has 0 fully saturated rings. The molecule has 106 valence electrons.